The molecule has 2 atom stereocenters. The predicted molar refractivity (Wildman–Crippen MR) is 61.0 cm³/mol. The number of methoxy groups -OCH3 is 1. The Bertz CT molecular complexity index is 433. The van der Waals surface area contributed by atoms with Crippen LogP contribution < -0.4 is 10.1 Å². The Kier molecular flexibility index (Phi) is 3.19. The molecule has 0 aromatic heterocycles. The van der Waals surface area contributed by atoms with Crippen molar-refractivity contribution in [3.63, 3.8) is 0 Å². The molecule has 0 saturated heterocycles. The van der Waals surface area contributed by atoms with E-state index in [1.54, 1.807) is 25.1 Å². The number of benzene rings is 1. The number of rotatable bonds is 3. The van der Waals surface area contributed by atoms with Crippen molar-refractivity contribution in [1.29, 1.82) is 0 Å². The maximum absolute atomic E-state index is 11.3. The van der Waals surface area contributed by atoms with E-state index in [2.05, 4.69) is 10.1 Å². The fraction of sp³-hybridized carbons (Fsp3) is 0.417. The molecular formula is C12H15NO4. The molecule has 1 aliphatic rings. The standard InChI is InChI=1S/C12H15NO4/c1-7(12(15)16-2)13-10-6-17-11-5-8(14)3-4-9(10)11/h3-5,7,10,13-14H,6H2,1-2H3/t7-,10?/m0/s1. The molecular weight excluding hydrogens is 222 g/mol. The van der Waals surface area contributed by atoms with Crippen molar-refractivity contribution in [2.75, 3.05) is 13.7 Å². The van der Waals surface area contributed by atoms with E-state index in [4.69, 9.17) is 4.74 Å². The molecule has 1 aromatic carbocycles. The van der Waals surface area contributed by atoms with Gasteiger partial charge in [-0.1, -0.05) is 0 Å². The normalized spacial score (nSPS) is 19.3. The minimum absolute atomic E-state index is 0.0558. The van der Waals surface area contributed by atoms with Gasteiger partial charge in [0.2, 0.25) is 0 Å². The zero-order valence-corrected chi connectivity index (χ0v) is 9.77. The van der Waals surface area contributed by atoms with Crippen LogP contribution in [0.25, 0.3) is 0 Å². The summed E-state index contributed by atoms with van der Waals surface area (Å²) in [4.78, 5) is 11.3. The Labute approximate surface area is 99.3 Å². The maximum Gasteiger partial charge on any atom is 0.322 e. The molecule has 0 fully saturated rings. The third kappa shape index (κ3) is 2.34. The Morgan fingerprint density at radius 3 is 3.12 bits per heavy atom. The topological polar surface area (TPSA) is 67.8 Å². The van der Waals surface area contributed by atoms with Gasteiger partial charge in [0, 0.05) is 11.6 Å². The molecule has 0 radical (unpaired) electrons. The molecule has 1 heterocycles. The smallest absolute Gasteiger partial charge is 0.322 e. The van der Waals surface area contributed by atoms with Gasteiger partial charge < -0.3 is 14.6 Å². The molecule has 17 heavy (non-hydrogen) atoms. The molecule has 5 nitrogen and oxygen atoms in total. The number of phenols is 1. The first-order chi connectivity index (χ1) is 8.11. The Hall–Kier alpha value is -1.75. The van der Waals surface area contributed by atoms with Crippen molar-refractivity contribution in [3.05, 3.63) is 23.8 Å². The summed E-state index contributed by atoms with van der Waals surface area (Å²) in [6, 6.07) is 4.51. The van der Waals surface area contributed by atoms with Crippen LogP contribution in [0.15, 0.2) is 18.2 Å². The van der Waals surface area contributed by atoms with Crippen LogP contribution in [0, 0.1) is 0 Å². The van der Waals surface area contributed by atoms with Crippen LogP contribution in [0.5, 0.6) is 11.5 Å². The molecule has 0 bridgehead atoms. The zero-order chi connectivity index (χ0) is 12.4. The highest BCUT2D eigenvalue weighted by atomic mass is 16.5. The molecule has 0 saturated carbocycles. The molecule has 0 amide bonds. The van der Waals surface area contributed by atoms with Crippen molar-refractivity contribution in [3.8, 4) is 11.5 Å². The van der Waals surface area contributed by atoms with Gasteiger partial charge in [-0.15, -0.1) is 0 Å². The van der Waals surface area contributed by atoms with E-state index in [1.165, 1.54) is 7.11 Å². The molecule has 2 rings (SSSR count). The van der Waals surface area contributed by atoms with Crippen LogP contribution in [0.3, 0.4) is 0 Å². The highest BCUT2D eigenvalue weighted by Gasteiger charge is 2.27. The highest BCUT2D eigenvalue weighted by molar-refractivity contribution is 5.75. The van der Waals surface area contributed by atoms with Crippen molar-refractivity contribution in [1.82, 2.24) is 5.32 Å². The summed E-state index contributed by atoms with van der Waals surface area (Å²) >= 11 is 0. The first-order valence-corrected chi connectivity index (χ1v) is 5.41. The van der Waals surface area contributed by atoms with Crippen molar-refractivity contribution in [2.45, 2.75) is 19.0 Å². The Morgan fingerprint density at radius 1 is 1.65 bits per heavy atom. The molecule has 92 valence electrons. The molecule has 1 unspecified atom stereocenters. The minimum atomic E-state index is -0.395. The van der Waals surface area contributed by atoms with E-state index in [0.717, 1.165) is 5.56 Å². The predicted octanol–water partition coefficient (Wildman–Crippen LogP) is 0.977. The van der Waals surface area contributed by atoms with Gasteiger partial charge in [-0.2, -0.15) is 0 Å². The lowest BCUT2D eigenvalue weighted by Crippen LogP contribution is -2.38. The van der Waals surface area contributed by atoms with Crippen molar-refractivity contribution < 1.29 is 19.4 Å². The van der Waals surface area contributed by atoms with E-state index < -0.39 is 6.04 Å². The number of phenolic OH excluding ortho intramolecular Hbond substituents is 1. The summed E-state index contributed by atoms with van der Waals surface area (Å²) in [5.74, 6) is 0.516. The number of fused-ring (bicyclic) bond motifs is 1. The zero-order valence-electron chi connectivity index (χ0n) is 9.77. The third-order valence-electron chi connectivity index (χ3n) is 2.78. The van der Waals surface area contributed by atoms with Crippen LogP contribution >= 0.6 is 0 Å². The molecule has 1 aliphatic heterocycles. The average molecular weight is 237 g/mol. The van der Waals surface area contributed by atoms with Crippen LogP contribution in [-0.4, -0.2) is 30.8 Å². The highest BCUT2D eigenvalue weighted by Crippen LogP contribution is 2.34. The second-order valence-electron chi connectivity index (χ2n) is 4.00. The molecule has 5 heteroatoms. The second-order valence-corrected chi connectivity index (χ2v) is 4.00. The number of ether oxygens (including phenoxy) is 2. The van der Waals surface area contributed by atoms with Gasteiger partial charge in [0.25, 0.3) is 0 Å². The summed E-state index contributed by atoms with van der Waals surface area (Å²) in [5, 5.41) is 12.4. The number of carbonyl (C=O) groups excluding carboxylic acids is 1. The van der Waals surface area contributed by atoms with Crippen LogP contribution in [0.1, 0.15) is 18.5 Å². The maximum atomic E-state index is 11.3. The lowest BCUT2D eigenvalue weighted by Gasteiger charge is -2.16. The Balaban J connectivity index is 2.09. The van der Waals surface area contributed by atoms with Gasteiger partial charge in [-0.05, 0) is 19.1 Å². The molecule has 2 N–H and O–H groups in total. The first-order valence-electron chi connectivity index (χ1n) is 5.41. The number of carbonyl (C=O) groups is 1. The van der Waals surface area contributed by atoms with Crippen LogP contribution in [-0.2, 0) is 9.53 Å². The summed E-state index contributed by atoms with van der Waals surface area (Å²) in [7, 11) is 1.36. The minimum Gasteiger partial charge on any atom is -0.508 e. The largest absolute Gasteiger partial charge is 0.508 e. The number of hydrogen-bond acceptors (Lipinski definition) is 5. The molecule has 1 aromatic rings. The van der Waals surface area contributed by atoms with E-state index in [1.807, 2.05) is 0 Å². The van der Waals surface area contributed by atoms with Gasteiger partial charge in [-0.25, -0.2) is 0 Å². The van der Waals surface area contributed by atoms with E-state index in [0.29, 0.717) is 12.4 Å². The number of esters is 1. The van der Waals surface area contributed by atoms with Gasteiger partial charge >= 0.3 is 5.97 Å². The van der Waals surface area contributed by atoms with Gasteiger partial charge in [-0.3, -0.25) is 10.1 Å². The Morgan fingerprint density at radius 2 is 2.41 bits per heavy atom. The fourth-order valence-corrected chi connectivity index (χ4v) is 1.88. The SMILES string of the molecule is COC(=O)[C@H](C)NC1COc2cc(O)ccc21. The van der Waals surface area contributed by atoms with Gasteiger partial charge in [0.1, 0.15) is 24.1 Å². The third-order valence-corrected chi connectivity index (χ3v) is 2.78. The molecule has 0 aliphatic carbocycles. The average Bonchev–Trinajstić information content (AvgIpc) is 2.70. The quantitative estimate of drug-likeness (QED) is 0.767. The second kappa shape index (κ2) is 4.63. The number of hydrogen-bond donors (Lipinski definition) is 2. The summed E-state index contributed by atoms with van der Waals surface area (Å²) in [6.45, 7) is 2.18. The number of nitrogens with one attached hydrogen (secondary N) is 1. The fourth-order valence-electron chi connectivity index (χ4n) is 1.88. The van der Waals surface area contributed by atoms with Crippen molar-refractivity contribution in [2.24, 2.45) is 0 Å². The van der Waals surface area contributed by atoms with Gasteiger partial charge in [0.05, 0.1) is 13.2 Å². The van der Waals surface area contributed by atoms with E-state index in [-0.39, 0.29) is 17.8 Å². The monoisotopic (exact) mass is 237 g/mol. The number of aromatic hydroxyl groups is 1. The first kappa shape index (κ1) is 11.7. The summed E-state index contributed by atoms with van der Waals surface area (Å²) in [5.41, 5.74) is 0.943. The van der Waals surface area contributed by atoms with Crippen LogP contribution in [0.2, 0.25) is 0 Å². The van der Waals surface area contributed by atoms with E-state index in [9.17, 15) is 9.90 Å². The lowest BCUT2D eigenvalue weighted by molar-refractivity contribution is -0.142. The van der Waals surface area contributed by atoms with Crippen molar-refractivity contribution >= 4 is 5.97 Å². The summed E-state index contributed by atoms with van der Waals surface area (Å²) < 4.78 is 10.1. The lowest BCUT2D eigenvalue weighted by atomic mass is 10.1. The van der Waals surface area contributed by atoms with Gasteiger partial charge in [0.15, 0.2) is 0 Å². The molecule has 0 spiro atoms. The van der Waals surface area contributed by atoms with E-state index >= 15 is 0 Å². The summed E-state index contributed by atoms with van der Waals surface area (Å²) in [6.07, 6.45) is 0. The van der Waals surface area contributed by atoms with Crippen LogP contribution in [0.4, 0.5) is 0 Å².